The number of halogens is 4. The van der Waals surface area contributed by atoms with Gasteiger partial charge in [-0.15, -0.1) is 0 Å². The van der Waals surface area contributed by atoms with E-state index in [9.17, 15) is 27.9 Å². The van der Waals surface area contributed by atoms with Gasteiger partial charge in [-0.1, -0.05) is 11.6 Å². The Bertz CT molecular complexity index is 1100. The van der Waals surface area contributed by atoms with Crippen LogP contribution in [-0.4, -0.2) is 74.7 Å². The summed E-state index contributed by atoms with van der Waals surface area (Å²) in [6.07, 6.45) is -2.78. The molecule has 1 unspecified atom stereocenters. The van der Waals surface area contributed by atoms with Gasteiger partial charge in [0.2, 0.25) is 0 Å². The van der Waals surface area contributed by atoms with E-state index in [2.05, 4.69) is 4.98 Å². The fraction of sp³-hybridized carbons (Fsp3) is 0.550. The van der Waals surface area contributed by atoms with Crippen molar-refractivity contribution in [3.8, 4) is 0 Å². The van der Waals surface area contributed by atoms with Crippen LogP contribution in [0, 0.1) is 0 Å². The molecule has 5 rings (SSSR count). The van der Waals surface area contributed by atoms with Gasteiger partial charge in [0.25, 0.3) is 5.91 Å². The van der Waals surface area contributed by atoms with Crippen molar-refractivity contribution in [3.05, 3.63) is 34.2 Å². The second kappa shape index (κ2) is 7.51. The number of amides is 2. The Morgan fingerprint density at radius 1 is 1.25 bits per heavy atom. The molecule has 1 saturated carbocycles. The Balaban J connectivity index is 1.44. The zero-order chi connectivity index (χ0) is 22.8. The lowest BCUT2D eigenvalue weighted by molar-refractivity contribution is -0.136. The number of aromatic nitrogens is 2. The van der Waals surface area contributed by atoms with E-state index in [0.29, 0.717) is 18.5 Å². The van der Waals surface area contributed by atoms with Gasteiger partial charge in [-0.25, -0.2) is 9.78 Å². The highest BCUT2D eigenvalue weighted by Crippen LogP contribution is 2.43. The largest absolute Gasteiger partial charge is 0.448 e. The van der Waals surface area contributed by atoms with E-state index in [0.717, 1.165) is 23.3 Å². The van der Waals surface area contributed by atoms with Gasteiger partial charge in [0.15, 0.2) is 11.3 Å². The number of imidazole rings is 1. The van der Waals surface area contributed by atoms with E-state index in [4.69, 9.17) is 16.3 Å². The van der Waals surface area contributed by atoms with Crippen molar-refractivity contribution in [1.82, 2.24) is 19.2 Å². The first kappa shape index (κ1) is 21.3. The van der Waals surface area contributed by atoms with Crippen molar-refractivity contribution in [2.45, 2.75) is 43.5 Å². The first-order chi connectivity index (χ1) is 15.1. The Hall–Kier alpha value is -2.53. The minimum Gasteiger partial charge on any atom is -0.448 e. The maximum Gasteiger partial charge on any atom is 0.419 e. The minimum atomic E-state index is -4.65. The van der Waals surface area contributed by atoms with Crippen LogP contribution in [0.15, 0.2) is 12.3 Å². The fourth-order valence-corrected chi connectivity index (χ4v) is 4.70. The van der Waals surface area contributed by atoms with Crippen molar-refractivity contribution in [2.75, 3.05) is 26.2 Å². The van der Waals surface area contributed by atoms with Crippen LogP contribution >= 0.6 is 11.6 Å². The molecule has 3 fully saturated rings. The molecule has 0 aromatic carbocycles. The van der Waals surface area contributed by atoms with Crippen LogP contribution in [0.25, 0.3) is 5.65 Å². The average Bonchev–Trinajstić information content (AvgIpc) is 3.43. The third kappa shape index (κ3) is 3.57. The van der Waals surface area contributed by atoms with Crippen molar-refractivity contribution in [2.24, 2.45) is 0 Å². The quantitative estimate of drug-likeness (QED) is 0.742. The SMILES string of the molecule is O=C(c1nc2c(C(F)(F)F)cc(C3CC3)cn2c1Cl)N1CCC(N2CCOC2=O)[C@@H](O)C1. The van der Waals surface area contributed by atoms with Gasteiger partial charge in [0.05, 0.1) is 24.3 Å². The molecule has 12 heteroatoms. The highest BCUT2D eigenvalue weighted by Gasteiger charge is 2.41. The molecule has 3 aliphatic rings. The number of cyclic esters (lactones) is 1. The van der Waals surface area contributed by atoms with Crippen molar-refractivity contribution in [3.63, 3.8) is 0 Å². The van der Waals surface area contributed by atoms with E-state index in [1.807, 2.05) is 0 Å². The van der Waals surface area contributed by atoms with Crippen LogP contribution in [0.4, 0.5) is 18.0 Å². The molecule has 0 bridgehead atoms. The van der Waals surface area contributed by atoms with Crippen molar-refractivity contribution < 1.29 is 32.6 Å². The molecule has 32 heavy (non-hydrogen) atoms. The van der Waals surface area contributed by atoms with Crippen LogP contribution in [0.2, 0.25) is 5.15 Å². The van der Waals surface area contributed by atoms with Crippen LogP contribution < -0.4 is 0 Å². The van der Waals surface area contributed by atoms with E-state index in [1.54, 1.807) is 0 Å². The number of rotatable bonds is 3. The summed E-state index contributed by atoms with van der Waals surface area (Å²) in [5.74, 6) is -0.620. The first-order valence-corrected chi connectivity index (χ1v) is 10.7. The van der Waals surface area contributed by atoms with Crippen LogP contribution in [0.1, 0.15) is 46.8 Å². The lowest BCUT2D eigenvalue weighted by Crippen LogP contribution is -2.55. The third-order valence-corrected chi connectivity index (χ3v) is 6.63. The number of pyridine rings is 1. The Kier molecular flexibility index (Phi) is 5.01. The predicted molar refractivity (Wildman–Crippen MR) is 106 cm³/mol. The molecule has 2 aromatic heterocycles. The predicted octanol–water partition coefficient (Wildman–Crippen LogP) is 2.91. The van der Waals surface area contributed by atoms with Gasteiger partial charge in [-0.05, 0) is 36.8 Å². The summed E-state index contributed by atoms with van der Waals surface area (Å²) in [5, 5.41) is 10.3. The van der Waals surface area contributed by atoms with Gasteiger partial charge >= 0.3 is 12.3 Å². The number of fused-ring (bicyclic) bond motifs is 1. The zero-order valence-electron chi connectivity index (χ0n) is 16.8. The molecule has 2 aromatic rings. The lowest BCUT2D eigenvalue weighted by atomic mass is 10.00. The highest BCUT2D eigenvalue weighted by atomic mass is 35.5. The second-order valence-electron chi connectivity index (χ2n) is 8.39. The number of alkyl halides is 3. The number of nitrogens with zero attached hydrogens (tertiary/aromatic N) is 4. The number of aliphatic hydroxyl groups excluding tert-OH is 1. The van der Waals surface area contributed by atoms with Crippen LogP contribution in [-0.2, 0) is 10.9 Å². The summed E-state index contributed by atoms with van der Waals surface area (Å²) in [4.78, 5) is 31.6. The molecule has 2 amide bonds. The lowest BCUT2D eigenvalue weighted by Gasteiger charge is -2.38. The molecule has 0 spiro atoms. The third-order valence-electron chi connectivity index (χ3n) is 6.27. The topological polar surface area (TPSA) is 87.4 Å². The molecule has 0 radical (unpaired) electrons. The number of hydrogen-bond acceptors (Lipinski definition) is 5. The van der Waals surface area contributed by atoms with E-state index in [-0.39, 0.29) is 36.5 Å². The van der Waals surface area contributed by atoms with Gasteiger partial charge in [0.1, 0.15) is 11.8 Å². The second-order valence-corrected chi connectivity index (χ2v) is 8.74. The van der Waals surface area contributed by atoms with Crippen molar-refractivity contribution >= 4 is 29.2 Å². The number of carbonyl (C=O) groups excluding carboxylic acids is 2. The number of β-amino-alcohol motifs (C(OH)–C–C–N with tert-alkyl or cyclic N) is 1. The molecular formula is C20H20ClF3N4O4. The number of ether oxygens (including phenoxy) is 1. The maximum absolute atomic E-state index is 13.7. The maximum atomic E-state index is 13.7. The Morgan fingerprint density at radius 2 is 2.00 bits per heavy atom. The van der Waals surface area contributed by atoms with Crippen LogP contribution in [0.5, 0.6) is 0 Å². The summed E-state index contributed by atoms with van der Waals surface area (Å²) < 4.78 is 47.1. The first-order valence-electron chi connectivity index (χ1n) is 10.3. The standard InChI is InChI=1S/C20H20ClF3N4O4/c21-16-15(18(30)26-4-3-13(14(29)9-26)27-5-6-32-19(27)31)25-17-12(20(22,23)24)7-11(8-28(16)17)10-1-2-10/h7-8,10,13-14,29H,1-6,9H2/t13?,14-/m0/s1. The van der Waals surface area contributed by atoms with Gasteiger partial charge in [-0.2, -0.15) is 13.2 Å². The van der Waals surface area contributed by atoms with Gasteiger partial charge in [-0.3, -0.25) is 14.1 Å². The monoisotopic (exact) mass is 472 g/mol. The molecular weight excluding hydrogens is 453 g/mol. The molecule has 1 N–H and O–H groups in total. The van der Waals surface area contributed by atoms with Crippen LogP contribution in [0.3, 0.4) is 0 Å². The molecule has 172 valence electrons. The normalized spacial score (nSPS) is 24.3. The average molecular weight is 473 g/mol. The van der Waals surface area contributed by atoms with E-state index >= 15 is 0 Å². The summed E-state index contributed by atoms with van der Waals surface area (Å²) in [6, 6.07) is 0.582. The molecule has 2 saturated heterocycles. The minimum absolute atomic E-state index is 0.0459. The number of aliphatic hydroxyl groups is 1. The fourth-order valence-electron chi connectivity index (χ4n) is 4.45. The molecule has 1 aliphatic carbocycles. The van der Waals surface area contributed by atoms with Gasteiger partial charge in [0, 0.05) is 19.3 Å². The number of hydrogen-bond donors (Lipinski definition) is 1. The Labute approximate surface area is 185 Å². The number of piperidine rings is 1. The molecule has 2 aliphatic heterocycles. The number of carbonyl (C=O) groups is 2. The molecule has 4 heterocycles. The Morgan fingerprint density at radius 3 is 2.59 bits per heavy atom. The van der Waals surface area contributed by atoms with E-state index < -0.39 is 41.5 Å². The zero-order valence-corrected chi connectivity index (χ0v) is 17.6. The molecule has 2 atom stereocenters. The summed E-state index contributed by atoms with van der Waals surface area (Å²) in [7, 11) is 0. The molecule has 8 nitrogen and oxygen atoms in total. The van der Waals surface area contributed by atoms with Crippen molar-refractivity contribution in [1.29, 1.82) is 0 Å². The highest BCUT2D eigenvalue weighted by molar-refractivity contribution is 6.33. The number of likely N-dealkylation sites (tertiary alicyclic amines) is 1. The smallest absolute Gasteiger partial charge is 0.419 e. The summed E-state index contributed by atoms with van der Waals surface area (Å²) in [6.45, 7) is 0.688. The van der Waals surface area contributed by atoms with Gasteiger partial charge < -0.3 is 14.7 Å². The summed E-state index contributed by atoms with van der Waals surface area (Å²) >= 11 is 6.33. The van der Waals surface area contributed by atoms with E-state index in [1.165, 1.54) is 16.0 Å². The summed E-state index contributed by atoms with van der Waals surface area (Å²) in [5.41, 5.74) is -1.15.